The number of ketones is 1. The Morgan fingerprint density at radius 2 is 2.06 bits per heavy atom. The van der Waals surface area contributed by atoms with Gasteiger partial charge in [0.2, 0.25) is 0 Å². The molecule has 0 aliphatic heterocycles. The van der Waals surface area contributed by atoms with Crippen LogP contribution in [0.25, 0.3) is 6.08 Å². The molecule has 94 valence electrons. The van der Waals surface area contributed by atoms with Gasteiger partial charge in [-0.3, -0.25) is 9.59 Å². The molecule has 0 aromatic heterocycles. The largest absolute Gasteiger partial charge is 0.478 e. The van der Waals surface area contributed by atoms with Gasteiger partial charge in [-0.15, -0.1) is 11.6 Å². The van der Waals surface area contributed by atoms with E-state index in [1.165, 1.54) is 25.1 Å². The van der Waals surface area contributed by atoms with Crippen molar-refractivity contribution >= 4 is 35.7 Å². The number of benzene rings is 1. The molecular weight excluding hydrogens is 256 g/mol. The molecule has 0 aliphatic carbocycles. The van der Waals surface area contributed by atoms with Crippen LogP contribution in [0.3, 0.4) is 0 Å². The fraction of sp³-hybridized carbons (Fsp3) is 0.154. The number of rotatable bonds is 5. The minimum atomic E-state index is -1.12. The highest BCUT2D eigenvalue weighted by Gasteiger charge is 2.16. The van der Waals surface area contributed by atoms with E-state index in [1.54, 1.807) is 6.07 Å². The highest BCUT2D eigenvalue weighted by molar-refractivity contribution is 6.31. The van der Waals surface area contributed by atoms with Crippen LogP contribution in [0.15, 0.2) is 24.3 Å². The fourth-order valence-electron chi connectivity index (χ4n) is 1.42. The molecule has 4 nitrogen and oxygen atoms in total. The van der Waals surface area contributed by atoms with Crippen molar-refractivity contribution in [2.75, 3.05) is 0 Å². The number of carboxylic acids is 1. The van der Waals surface area contributed by atoms with E-state index in [0.29, 0.717) is 23.0 Å². The van der Waals surface area contributed by atoms with Gasteiger partial charge in [0.15, 0.2) is 5.78 Å². The maximum absolute atomic E-state index is 11.2. The van der Waals surface area contributed by atoms with Crippen molar-refractivity contribution in [1.29, 1.82) is 0 Å². The average molecular weight is 267 g/mol. The Morgan fingerprint density at radius 3 is 2.56 bits per heavy atom. The summed E-state index contributed by atoms with van der Waals surface area (Å²) in [5.41, 5.74) is 1.31. The molecule has 18 heavy (non-hydrogen) atoms. The lowest BCUT2D eigenvalue weighted by atomic mass is 9.99. The predicted octanol–water partition coefficient (Wildman–Crippen LogP) is 2.47. The maximum atomic E-state index is 11.2. The monoisotopic (exact) mass is 266 g/mol. The Hall–Kier alpha value is -1.94. The minimum Gasteiger partial charge on any atom is -0.478 e. The second-order valence-electron chi connectivity index (χ2n) is 3.65. The van der Waals surface area contributed by atoms with Crippen molar-refractivity contribution in [2.45, 2.75) is 12.3 Å². The van der Waals surface area contributed by atoms with Crippen LogP contribution in [0.2, 0.25) is 0 Å². The van der Waals surface area contributed by atoms with E-state index in [-0.39, 0.29) is 5.78 Å². The Bertz CT molecular complexity index is 520. The van der Waals surface area contributed by atoms with Crippen molar-refractivity contribution in [1.82, 2.24) is 0 Å². The molecule has 0 saturated heterocycles. The van der Waals surface area contributed by atoms with Gasteiger partial charge in [0.05, 0.1) is 0 Å². The molecule has 1 rings (SSSR count). The summed E-state index contributed by atoms with van der Waals surface area (Å²) in [6, 6.07) is 4.56. The number of aliphatic carboxylic acids is 1. The number of carboxylic acid groups (broad SMARTS) is 1. The molecule has 1 aromatic carbocycles. The van der Waals surface area contributed by atoms with Crippen molar-refractivity contribution < 1.29 is 19.5 Å². The molecule has 0 saturated carbocycles. The van der Waals surface area contributed by atoms with Crippen LogP contribution in [0.4, 0.5) is 0 Å². The van der Waals surface area contributed by atoms with Crippen molar-refractivity contribution in [3.8, 4) is 0 Å². The van der Waals surface area contributed by atoms with Crippen molar-refractivity contribution in [2.24, 2.45) is 0 Å². The molecule has 5 heteroatoms. The molecule has 0 amide bonds. The predicted molar refractivity (Wildman–Crippen MR) is 67.8 cm³/mol. The molecule has 0 spiro atoms. The summed E-state index contributed by atoms with van der Waals surface area (Å²) in [7, 11) is 0. The van der Waals surface area contributed by atoms with E-state index in [4.69, 9.17) is 16.7 Å². The zero-order chi connectivity index (χ0) is 13.7. The van der Waals surface area contributed by atoms with E-state index in [2.05, 4.69) is 0 Å². The van der Waals surface area contributed by atoms with Crippen LogP contribution in [0.1, 0.15) is 33.8 Å². The number of carbonyl (C=O) groups is 3. The number of halogens is 1. The van der Waals surface area contributed by atoms with E-state index in [1.807, 2.05) is 0 Å². The third-order valence-corrected chi connectivity index (χ3v) is 2.82. The molecule has 0 bridgehead atoms. The third-order valence-electron chi connectivity index (χ3n) is 2.28. The molecule has 0 aliphatic rings. The highest BCUT2D eigenvalue weighted by Crippen LogP contribution is 2.26. The standard InChI is InChI=1S/C13H11ClO4/c1-8(16)13(14)11-4-2-9(7-15)6-10(11)3-5-12(17)18/h2-7,13H,1H3,(H,17,18). The summed E-state index contributed by atoms with van der Waals surface area (Å²) in [5.74, 6) is -1.37. The van der Waals surface area contributed by atoms with E-state index in [0.717, 1.165) is 6.08 Å². The van der Waals surface area contributed by atoms with E-state index >= 15 is 0 Å². The van der Waals surface area contributed by atoms with Crippen molar-refractivity contribution in [3.63, 3.8) is 0 Å². The van der Waals surface area contributed by atoms with E-state index < -0.39 is 11.3 Å². The van der Waals surface area contributed by atoms with Crippen LogP contribution in [-0.4, -0.2) is 23.1 Å². The number of hydrogen-bond acceptors (Lipinski definition) is 3. The number of Topliss-reactive ketones (excluding diaryl/α,β-unsaturated/α-hetero) is 1. The van der Waals surface area contributed by atoms with E-state index in [9.17, 15) is 14.4 Å². The summed E-state index contributed by atoms with van der Waals surface area (Å²) >= 11 is 5.94. The Kier molecular flexibility index (Phi) is 4.80. The smallest absolute Gasteiger partial charge is 0.328 e. The molecule has 1 aromatic rings. The topological polar surface area (TPSA) is 71.4 Å². The molecule has 0 fully saturated rings. The lowest BCUT2D eigenvalue weighted by Gasteiger charge is -2.10. The normalized spacial score (nSPS) is 12.3. The van der Waals surface area contributed by atoms with Gasteiger partial charge in [0.25, 0.3) is 0 Å². The molecule has 1 N–H and O–H groups in total. The summed E-state index contributed by atoms with van der Waals surface area (Å²) in [4.78, 5) is 32.4. The zero-order valence-electron chi connectivity index (χ0n) is 9.59. The van der Waals surface area contributed by atoms with Crippen LogP contribution in [0, 0.1) is 0 Å². The Balaban J connectivity index is 3.28. The average Bonchev–Trinajstić information content (AvgIpc) is 2.34. The van der Waals surface area contributed by atoms with Gasteiger partial charge in [-0.2, -0.15) is 0 Å². The lowest BCUT2D eigenvalue weighted by molar-refractivity contribution is -0.131. The first-order valence-corrected chi connectivity index (χ1v) is 5.54. The Labute approximate surface area is 109 Å². The first-order valence-electron chi connectivity index (χ1n) is 5.10. The zero-order valence-corrected chi connectivity index (χ0v) is 10.3. The SMILES string of the molecule is CC(=O)C(Cl)c1ccc(C=O)cc1C=CC(=O)O. The summed E-state index contributed by atoms with van der Waals surface area (Å²) < 4.78 is 0. The summed E-state index contributed by atoms with van der Waals surface area (Å²) in [6.45, 7) is 1.34. The van der Waals surface area contributed by atoms with Gasteiger partial charge in [-0.1, -0.05) is 12.1 Å². The number of hydrogen-bond donors (Lipinski definition) is 1. The van der Waals surface area contributed by atoms with Crippen LogP contribution >= 0.6 is 11.6 Å². The van der Waals surface area contributed by atoms with Gasteiger partial charge in [-0.05, 0) is 30.2 Å². The van der Waals surface area contributed by atoms with Crippen LogP contribution < -0.4 is 0 Å². The van der Waals surface area contributed by atoms with Gasteiger partial charge in [0.1, 0.15) is 11.7 Å². The molecular formula is C13H11ClO4. The second-order valence-corrected chi connectivity index (χ2v) is 4.09. The first-order chi connectivity index (χ1) is 8.45. The van der Waals surface area contributed by atoms with Crippen molar-refractivity contribution in [3.05, 3.63) is 41.0 Å². The number of aldehydes is 1. The summed E-state index contributed by atoms with van der Waals surface area (Å²) in [5, 5.41) is 7.72. The van der Waals surface area contributed by atoms with Gasteiger partial charge < -0.3 is 5.11 Å². The van der Waals surface area contributed by atoms with Gasteiger partial charge in [0, 0.05) is 11.6 Å². The maximum Gasteiger partial charge on any atom is 0.328 e. The lowest BCUT2D eigenvalue weighted by Crippen LogP contribution is -2.04. The fourth-order valence-corrected chi connectivity index (χ4v) is 1.62. The third kappa shape index (κ3) is 3.53. The summed E-state index contributed by atoms with van der Waals surface area (Å²) in [6.07, 6.45) is 2.87. The molecule has 1 unspecified atom stereocenters. The van der Waals surface area contributed by atoms with Crippen LogP contribution in [-0.2, 0) is 9.59 Å². The van der Waals surface area contributed by atoms with Gasteiger partial charge >= 0.3 is 5.97 Å². The number of alkyl halides is 1. The Morgan fingerprint density at radius 1 is 1.39 bits per heavy atom. The molecule has 0 radical (unpaired) electrons. The molecule has 1 atom stereocenters. The second kappa shape index (κ2) is 6.12. The first kappa shape index (κ1) is 14.1. The minimum absolute atomic E-state index is 0.250. The quantitative estimate of drug-likeness (QED) is 0.505. The highest BCUT2D eigenvalue weighted by atomic mass is 35.5. The van der Waals surface area contributed by atoms with Crippen LogP contribution in [0.5, 0.6) is 0 Å². The number of carbonyl (C=O) groups excluding carboxylic acids is 2. The molecule has 0 heterocycles. The van der Waals surface area contributed by atoms with Gasteiger partial charge in [-0.25, -0.2) is 4.79 Å².